The van der Waals surface area contributed by atoms with Crippen molar-refractivity contribution >= 4 is 61.6 Å². The number of rotatable bonds is 5. The van der Waals surface area contributed by atoms with Crippen molar-refractivity contribution in [2.45, 2.75) is 12.1 Å². The molecular formula is C21H15ClN6OS2. The van der Waals surface area contributed by atoms with Gasteiger partial charge in [-0.1, -0.05) is 52.9 Å². The van der Waals surface area contributed by atoms with Crippen LogP contribution in [0.4, 0.5) is 5.13 Å². The molecule has 0 atom stereocenters. The van der Waals surface area contributed by atoms with E-state index in [1.165, 1.54) is 23.1 Å². The highest BCUT2D eigenvalue weighted by molar-refractivity contribution is 7.99. The Morgan fingerprint density at radius 1 is 1.13 bits per heavy atom. The number of halogens is 1. The lowest BCUT2D eigenvalue weighted by molar-refractivity contribution is -0.113. The SMILES string of the molecule is Cc1ccc2nc(NC(=O)CSc3nnc4ccc(-c5ccc(Cl)cc5)nn34)sc2c1. The highest BCUT2D eigenvalue weighted by Gasteiger charge is 2.13. The van der Waals surface area contributed by atoms with Gasteiger partial charge < -0.3 is 5.32 Å². The standard InChI is InChI=1S/C21H15ClN6OS2/c1-12-2-7-16-17(10-12)31-20(23-16)24-19(29)11-30-21-26-25-18-9-8-15(27-28(18)21)13-3-5-14(22)6-4-13/h2-10H,11H2,1H3,(H,23,24,29). The Balaban J connectivity index is 1.31. The van der Waals surface area contributed by atoms with Crippen LogP contribution in [0.1, 0.15) is 5.56 Å². The van der Waals surface area contributed by atoms with Gasteiger partial charge >= 0.3 is 0 Å². The molecule has 0 radical (unpaired) electrons. The van der Waals surface area contributed by atoms with Gasteiger partial charge in [-0.2, -0.15) is 9.61 Å². The number of thioether (sulfide) groups is 1. The van der Waals surface area contributed by atoms with Crippen molar-refractivity contribution in [1.29, 1.82) is 0 Å². The van der Waals surface area contributed by atoms with Crippen LogP contribution in [0.2, 0.25) is 5.02 Å². The van der Waals surface area contributed by atoms with Gasteiger partial charge in [-0.25, -0.2) is 4.98 Å². The molecule has 3 aromatic heterocycles. The minimum atomic E-state index is -0.161. The first-order valence-corrected chi connectivity index (χ1v) is 11.5. The fourth-order valence-corrected chi connectivity index (χ4v) is 4.80. The summed E-state index contributed by atoms with van der Waals surface area (Å²) in [4.78, 5) is 16.9. The number of aromatic nitrogens is 5. The number of carbonyl (C=O) groups excluding carboxylic acids is 1. The van der Waals surface area contributed by atoms with Gasteiger partial charge in [0.15, 0.2) is 10.8 Å². The van der Waals surface area contributed by atoms with Crippen molar-refractivity contribution in [2.24, 2.45) is 0 Å². The number of aryl methyl sites for hydroxylation is 1. The lowest BCUT2D eigenvalue weighted by atomic mass is 10.1. The predicted octanol–water partition coefficient (Wildman–Crippen LogP) is 5.09. The maximum absolute atomic E-state index is 12.5. The maximum Gasteiger partial charge on any atom is 0.236 e. The smallest absolute Gasteiger partial charge is 0.236 e. The summed E-state index contributed by atoms with van der Waals surface area (Å²) in [7, 11) is 0. The number of thiazole rings is 1. The Bertz CT molecular complexity index is 1410. The van der Waals surface area contributed by atoms with E-state index >= 15 is 0 Å². The summed E-state index contributed by atoms with van der Waals surface area (Å²) < 4.78 is 2.69. The Hall–Kier alpha value is -3.01. The van der Waals surface area contributed by atoms with Crippen LogP contribution in [0, 0.1) is 6.92 Å². The average molecular weight is 467 g/mol. The van der Waals surface area contributed by atoms with Crippen LogP contribution >= 0.6 is 34.7 Å². The normalized spacial score (nSPS) is 11.3. The zero-order chi connectivity index (χ0) is 21.4. The van der Waals surface area contributed by atoms with Gasteiger partial charge in [0.25, 0.3) is 0 Å². The first-order valence-electron chi connectivity index (χ1n) is 9.33. The Morgan fingerprint density at radius 3 is 2.81 bits per heavy atom. The number of benzene rings is 2. The van der Waals surface area contributed by atoms with Gasteiger partial charge in [0.1, 0.15) is 0 Å². The summed E-state index contributed by atoms with van der Waals surface area (Å²) >= 11 is 8.70. The average Bonchev–Trinajstić information content (AvgIpc) is 3.35. The number of fused-ring (bicyclic) bond motifs is 2. The van der Waals surface area contributed by atoms with Crippen molar-refractivity contribution < 1.29 is 4.79 Å². The van der Waals surface area contributed by atoms with Crippen molar-refractivity contribution in [1.82, 2.24) is 24.8 Å². The third-order valence-electron chi connectivity index (χ3n) is 4.50. The van der Waals surface area contributed by atoms with Gasteiger partial charge in [-0.15, -0.1) is 10.2 Å². The van der Waals surface area contributed by atoms with Crippen molar-refractivity contribution in [3.63, 3.8) is 0 Å². The molecule has 5 rings (SSSR count). The molecule has 154 valence electrons. The van der Waals surface area contributed by atoms with Crippen molar-refractivity contribution in [3.05, 3.63) is 65.2 Å². The summed E-state index contributed by atoms with van der Waals surface area (Å²) in [5.41, 5.74) is 4.34. The van der Waals surface area contributed by atoms with E-state index in [9.17, 15) is 4.79 Å². The molecule has 3 heterocycles. The molecule has 0 aliphatic rings. The van der Waals surface area contributed by atoms with E-state index in [0.29, 0.717) is 21.0 Å². The third kappa shape index (κ3) is 4.25. The molecule has 0 saturated heterocycles. The molecule has 0 unspecified atom stereocenters. The quantitative estimate of drug-likeness (QED) is 0.363. The molecular weight excluding hydrogens is 452 g/mol. The van der Waals surface area contributed by atoms with Crippen LogP contribution in [-0.4, -0.2) is 36.5 Å². The lowest BCUT2D eigenvalue weighted by Crippen LogP contribution is -2.14. The van der Waals surface area contributed by atoms with Crippen LogP contribution in [0.15, 0.2) is 59.8 Å². The fourth-order valence-electron chi connectivity index (χ4n) is 3.00. The molecule has 0 aliphatic heterocycles. The molecule has 0 fully saturated rings. The monoisotopic (exact) mass is 466 g/mol. The van der Waals surface area contributed by atoms with Crippen LogP contribution in [-0.2, 0) is 4.79 Å². The molecule has 10 heteroatoms. The molecule has 1 amide bonds. The minimum Gasteiger partial charge on any atom is -0.301 e. The van der Waals surface area contributed by atoms with Crippen LogP contribution < -0.4 is 5.32 Å². The van der Waals surface area contributed by atoms with E-state index in [1.807, 2.05) is 55.5 Å². The van der Waals surface area contributed by atoms with E-state index in [2.05, 4.69) is 31.7 Å². The molecule has 1 N–H and O–H groups in total. The maximum atomic E-state index is 12.5. The number of amides is 1. The summed E-state index contributed by atoms with van der Waals surface area (Å²) in [5.74, 6) is 0.00849. The molecule has 0 saturated carbocycles. The first kappa shape index (κ1) is 19.9. The Labute approximate surface area is 190 Å². The fraction of sp³-hybridized carbons (Fsp3) is 0.0952. The first-order chi connectivity index (χ1) is 15.0. The summed E-state index contributed by atoms with van der Waals surface area (Å²) in [6.45, 7) is 2.03. The summed E-state index contributed by atoms with van der Waals surface area (Å²) in [5, 5.41) is 17.6. The second-order valence-electron chi connectivity index (χ2n) is 6.81. The largest absolute Gasteiger partial charge is 0.301 e. The third-order valence-corrected chi connectivity index (χ3v) is 6.60. The van der Waals surface area contributed by atoms with Gasteiger partial charge in [0.05, 0.1) is 21.7 Å². The van der Waals surface area contributed by atoms with E-state index in [1.54, 1.807) is 4.52 Å². The summed E-state index contributed by atoms with van der Waals surface area (Å²) in [6, 6.07) is 17.2. The van der Waals surface area contributed by atoms with Crippen LogP contribution in [0.3, 0.4) is 0 Å². The zero-order valence-corrected chi connectivity index (χ0v) is 18.6. The number of anilines is 1. The molecule has 0 aliphatic carbocycles. The Morgan fingerprint density at radius 2 is 1.97 bits per heavy atom. The Kier molecular flexibility index (Phi) is 5.31. The van der Waals surface area contributed by atoms with Gasteiger partial charge in [-0.3, -0.25) is 4.79 Å². The minimum absolute atomic E-state index is 0.161. The second kappa shape index (κ2) is 8.26. The van der Waals surface area contributed by atoms with E-state index < -0.39 is 0 Å². The molecule has 5 aromatic rings. The van der Waals surface area contributed by atoms with Gasteiger partial charge in [-0.05, 0) is 48.9 Å². The van der Waals surface area contributed by atoms with E-state index in [-0.39, 0.29) is 11.7 Å². The number of nitrogens with zero attached hydrogens (tertiary/aromatic N) is 5. The predicted molar refractivity (Wildman–Crippen MR) is 125 cm³/mol. The highest BCUT2D eigenvalue weighted by atomic mass is 35.5. The molecule has 2 aromatic carbocycles. The number of hydrogen-bond donors (Lipinski definition) is 1. The number of nitrogens with one attached hydrogen (secondary N) is 1. The molecule has 0 spiro atoms. The second-order valence-corrected chi connectivity index (χ2v) is 9.21. The van der Waals surface area contributed by atoms with Crippen molar-refractivity contribution in [3.8, 4) is 11.3 Å². The number of hydrogen-bond acceptors (Lipinski definition) is 7. The van der Waals surface area contributed by atoms with Crippen molar-refractivity contribution in [2.75, 3.05) is 11.1 Å². The van der Waals surface area contributed by atoms with Gasteiger partial charge in [0.2, 0.25) is 11.1 Å². The van der Waals surface area contributed by atoms with Crippen LogP contribution in [0.25, 0.3) is 27.1 Å². The summed E-state index contributed by atoms with van der Waals surface area (Å²) in [6.07, 6.45) is 0. The molecule has 31 heavy (non-hydrogen) atoms. The topological polar surface area (TPSA) is 85.1 Å². The van der Waals surface area contributed by atoms with E-state index in [0.717, 1.165) is 27.0 Å². The van der Waals surface area contributed by atoms with E-state index in [4.69, 9.17) is 11.6 Å². The number of carbonyl (C=O) groups is 1. The molecule has 0 bridgehead atoms. The highest BCUT2D eigenvalue weighted by Crippen LogP contribution is 2.27. The van der Waals surface area contributed by atoms with Gasteiger partial charge in [0, 0.05) is 10.6 Å². The lowest BCUT2D eigenvalue weighted by Gasteiger charge is -2.03. The van der Waals surface area contributed by atoms with Crippen LogP contribution in [0.5, 0.6) is 0 Å². The molecule has 7 nitrogen and oxygen atoms in total. The zero-order valence-electron chi connectivity index (χ0n) is 16.2.